The second kappa shape index (κ2) is 9.69. The van der Waals surface area contributed by atoms with Gasteiger partial charge in [0.25, 0.3) is 0 Å². The van der Waals surface area contributed by atoms with E-state index in [0.29, 0.717) is 36.1 Å². The van der Waals surface area contributed by atoms with E-state index in [0.717, 1.165) is 5.56 Å². The van der Waals surface area contributed by atoms with Crippen LogP contribution in [0.3, 0.4) is 0 Å². The van der Waals surface area contributed by atoms with Gasteiger partial charge in [-0.2, -0.15) is 0 Å². The third kappa shape index (κ3) is 3.47. The molecule has 8 heteroatoms. The minimum absolute atomic E-state index is 0.345. The molecule has 0 N–H and O–H groups in total. The number of rotatable bonds is 7. The number of imide groups is 2. The maximum Gasteiger partial charge on any atom is 0.238 e. The van der Waals surface area contributed by atoms with Gasteiger partial charge in [0.2, 0.25) is 23.6 Å². The number of nitrogens with zero attached hydrogens (tertiary/aromatic N) is 2. The van der Waals surface area contributed by atoms with Crippen LogP contribution in [-0.2, 0) is 24.6 Å². The number of benzene rings is 3. The van der Waals surface area contributed by atoms with Crippen LogP contribution in [0, 0.1) is 29.6 Å². The first-order chi connectivity index (χ1) is 20.4. The molecule has 1 saturated carbocycles. The molecule has 3 aromatic carbocycles. The average Bonchev–Trinajstić information content (AvgIpc) is 3.46. The van der Waals surface area contributed by atoms with Gasteiger partial charge in [0.1, 0.15) is 11.5 Å². The van der Waals surface area contributed by atoms with Crippen molar-refractivity contribution in [1.29, 1.82) is 0 Å². The summed E-state index contributed by atoms with van der Waals surface area (Å²) in [4.78, 5) is 59.6. The van der Waals surface area contributed by atoms with Gasteiger partial charge < -0.3 is 9.47 Å². The molecule has 3 aliphatic carbocycles. The summed E-state index contributed by atoms with van der Waals surface area (Å²) in [5, 5.41) is 0. The van der Waals surface area contributed by atoms with Gasteiger partial charge in [0.15, 0.2) is 0 Å². The summed E-state index contributed by atoms with van der Waals surface area (Å²) in [6, 6.07) is 23.1. The van der Waals surface area contributed by atoms with Crippen molar-refractivity contribution in [2.45, 2.75) is 19.3 Å². The fraction of sp³-hybridized carbons (Fsp3) is 0.294. The SMILES string of the molecule is CCOc1ccc(N2C(=O)C3[C@H](C2=O)C2C=CC3(c3ccccc3)[C@H]3C(=O)N(c4ccc(OCC)cc4)C(=O)[C@@H]23)cc1. The zero-order chi connectivity index (χ0) is 29.2. The lowest BCUT2D eigenvalue weighted by molar-refractivity contribution is -0.140. The van der Waals surface area contributed by atoms with E-state index in [2.05, 4.69) is 0 Å². The van der Waals surface area contributed by atoms with Crippen LogP contribution in [0.2, 0.25) is 0 Å². The Morgan fingerprint density at radius 2 is 1.07 bits per heavy atom. The molecule has 3 fully saturated rings. The zero-order valence-electron chi connectivity index (χ0n) is 23.3. The summed E-state index contributed by atoms with van der Waals surface area (Å²) in [7, 11) is 0. The number of hydrogen-bond acceptors (Lipinski definition) is 6. The van der Waals surface area contributed by atoms with E-state index in [1.807, 2.05) is 56.3 Å². The molecule has 0 aromatic heterocycles. The van der Waals surface area contributed by atoms with Gasteiger partial charge in [-0.15, -0.1) is 0 Å². The van der Waals surface area contributed by atoms with Gasteiger partial charge in [-0.1, -0.05) is 42.5 Å². The summed E-state index contributed by atoms with van der Waals surface area (Å²) in [6.07, 6.45) is 3.82. The molecule has 6 atom stereocenters. The van der Waals surface area contributed by atoms with E-state index in [1.165, 1.54) is 9.80 Å². The van der Waals surface area contributed by atoms with Crippen molar-refractivity contribution in [3.05, 3.63) is 96.6 Å². The molecule has 2 bridgehead atoms. The lowest BCUT2D eigenvalue weighted by Crippen LogP contribution is -2.60. The van der Waals surface area contributed by atoms with Crippen LogP contribution in [0.25, 0.3) is 0 Å². The topological polar surface area (TPSA) is 93.2 Å². The largest absolute Gasteiger partial charge is 0.494 e. The highest BCUT2D eigenvalue weighted by atomic mass is 16.5. The van der Waals surface area contributed by atoms with Crippen molar-refractivity contribution >= 4 is 35.0 Å². The molecule has 0 spiro atoms. The number of amides is 4. The first kappa shape index (κ1) is 26.2. The number of carbonyl (C=O) groups excluding carboxylic acids is 4. The predicted molar refractivity (Wildman–Crippen MR) is 155 cm³/mol. The Labute approximate surface area is 243 Å². The molecular weight excluding hydrogens is 532 g/mol. The second-order valence-corrected chi connectivity index (χ2v) is 11.1. The van der Waals surface area contributed by atoms with Crippen LogP contribution in [0.15, 0.2) is 91.0 Å². The maximum atomic E-state index is 14.4. The van der Waals surface area contributed by atoms with Crippen molar-refractivity contribution in [2.75, 3.05) is 23.0 Å². The Kier molecular flexibility index (Phi) is 6.04. The Morgan fingerprint density at radius 1 is 0.619 bits per heavy atom. The molecule has 212 valence electrons. The van der Waals surface area contributed by atoms with Crippen molar-refractivity contribution in [2.24, 2.45) is 29.6 Å². The Balaban J connectivity index is 1.35. The van der Waals surface area contributed by atoms with Crippen LogP contribution >= 0.6 is 0 Å². The molecule has 8 nitrogen and oxygen atoms in total. The maximum absolute atomic E-state index is 14.4. The summed E-state index contributed by atoms with van der Waals surface area (Å²) in [5.41, 5.74) is 0.479. The smallest absolute Gasteiger partial charge is 0.238 e. The number of allylic oxidation sites excluding steroid dienone is 2. The van der Waals surface area contributed by atoms with Gasteiger partial charge in [-0.3, -0.25) is 19.2 Å². The van der Waals surface area contributed by atoms with Gasteiger partial charge in [0, 0.05) is 11.3 Å². The first-order valence-corrected chi connectivity index (χ1v) is 14.4. The molecule has 4 amide bonds. The van der Waals surface area contributed by atoms with Gasteiger partial charge >= 0.3 is 0 Å². The standard InChI is InChI=1S/C34H30N2O6/c1-3-41-23-14-10-21(11-15-23)35-30(37)26-25-18-19-34(28(26)32(35)39,20-8-6-5-7-9-20)29-27(25)31(38)36(33(29)40)22-12-16-24(17-13-22)42-4-2/h5-19,25-29H,3-4H2,1-2H3/t25?,26-,27+,28+,29?,34?/m0/s1. The molecule has 3 unspecified atom stereocenters. The van der Waals surface area contributed by atoms with Crippen molar-refractivity contribution in [3.63, 3.8) is 0 Å². The molecule has 2 saturated heterocycles. The highest BCUT2D eigenvalue weighted by Gasteiger charge is 2.75. The van der Waals surface area contributed by atoms with Crippen molar-refractivity contribution in [3.8, 4) is 11.5 Å². The fourth-order valence-corrected chi connectivity index (χ4v) is 7.70. The third-order valence-electron chi connectivity index (χ3n) is 9.24. The summed E-state index contributed by atoms with van der Waals surface area (Å²) < 4.78 is 11.1. The minimum atomic E-state index is -1.16. The summed E-state index contributed by atoms with van der Waals surface area (Å²) in [6.45, 7) is 4.76. The predicted octanol–water partition coefficient (Wildman–Crippen LogP) is 4.53. The van der Waals surface area contributed by atoms with E-state index in [9.17, 15) is 19.2 Å². The monoisotopic (exact) mass is 562 g/mol. The molecule has 2 aliphatic heterocycles. The van der Waals surface area contributed by atoms with Crippen LogP contribution < -0.4 is 19.3 Å². The minimum Gasteiger partial charge on any atom is -0.494 e. The number of anilines is 2. The van der Waals surface area contributed by atoms with E-state index < -0.39 is 35.0 Å². The normalized spacial score (nSPS) is 29.2. The summed E-state index contributed by atoms with van der Waals surface area (Å²) in [5.74, 6) is -3.90. The molecular formula is C34H30N2O6. The molecule has 8 rings (SSSR count). The van der Waals surface area contributed by atoms with Gasteiger partial charge in [-0.25, -0.2) is 9.80 Å². The number of carbonyl (C=O) groups is 4. The van der Waals surface area contributed by atoms with E-state index in [1.54, 1.807) is 48.5 Å². The van der Waals surface area contributed by atoms with Crippen LogP contribution in [-0.4, -0.2) is 36.8 Å². The second-order valence-electron chi connectivity index (χ2n) is 11.1. The van der Waals surface area contributed by atoms with E-state index >= 15 is 0 Å². The van der Waals surface area contributed by atoms with Crippen molar-refractivity contribution in [1.82, 2.24) is 0 Å². The van der Waals surface area contributed by atoms with E-state index in [-0.39, 0.29) is 23.6 Å². The molecule has 42 heavy (non-hydrogen) atoms. The quantitative estimate of drug-likeness (QED) is 0.310. The molecule has 3 aromatic rings. The van der Waals surface area contributed by atoms with Crippen LogP contribution in [0.5, 0.6) is 11.5 Å². The Hall–Kier alpha value is -4.72. The fourth-order valence-electron chi connectivity index (χ4n) is 7.70. The lowest BCUT2D eigenvalue weighted by Gasteiger charge is -2.53. The number of hydrogen-bond donors (Lipinski definition) is 0. The lowest BCUT2D eigenvalue weighted by atomic mass is 9.45. The third-order valence-corrected chi connectivity index (χ3v) is 9.24. The van der Waals surface area contributed by atoms with Crippen LogP contribution in [0.4, 0.5) is 11.4 Å². The number of ether oxygens (including phenoxy) is 2. The van der Waals surface area contributed by atoms with Gasteiger partial charge in [-0.05, 0) is 67.9 Å². The zero-order valence-corrected chi connectivity index (χ0v) is 23.3. The highest BCUT2D eigenvalue weighted by Crippen LogP contribution is 2.65. The van der Waals surface area contributed by atoms with Gasteiger partial charge in [0.05, 0.1) is 48.3 Å². The average molecular weight is 563 g/mol. The Morgan fingerprint density at radius 3 is 1.50 bits per heavy atom. The Bertz CT molecular complexity index is 1520. The molecule has 2 heterocycles. The molecule has 0 radical (unpaired) electrons. The van der Waals surface area contributed by atoms with E-state index in [4.69, 9.17) is 9.47 Å². The highest BCUT2D eigenvalue weighted by molar-refractivity contribution is 6.27. The molecule has 5 aliphatic rings. The van der Waals surface area contributed by atoms with Crippen LogP contribution in [0.1, 0.15) is 19.4 Å². The first-order valence-electron chi connectivity index (χ1n) is 14.4. The summed E-state index contributed by atoms with van der Waals surface area (Å²) >= 11 is 0. The van der Waals surface area contributed by atoms with Crippen molar-refractivity contribution < 1.29 is 28.7 Å².